The molecule has 0 saturated carbocycles. The average molecular weight is 388 g/mol. The van der Waals surface area contributed by atoms with Crippen LogP contribution in [0.15, 0.2) is 24.3 Å². The molecule has 6 heteroatoms. The zero-order valence-electron chi connectivity index (χ0n) is 17.6. The molecule has 0 aromatic heterocycles. The lowest BCUT2D eigenvalue weighted by Gasteiger charge is -2.44. The summed E-state index contributed by atoms with van der Waals surface area (Å²) in [5, 5.41) is 0. The van der Waals surface area contributed by atoms with Crippen LogP contribution in [0.2, 0.25) is 0 Å². The van der Waals surface area contributed by atoms with E-state index in [1.54, 1.807) is 0 Å². The van der Waals surface area contributed by atoms with E-state index < -0.39 is 0 Å². The van der Waals surface area contributed by atoms with Crippen LogP contribution in [0, 0.1) is 5.92 Å². The van der Waals surface area contributed by atoms with Crippen molar-refractivity contribution in [2.75, 3.05) is 44.7 Å². The van der Waals surface area contributed by atoms with Crippen molar-refractivity contribution in [1.29, 1.82) is 0 Å². The van der Waals surface area contributed by atoms with Crippen LogP contribution in [0.4, 0.5) is 5.69 Å². The topological polar surface area (TPSA) is 53.1 Å². The first-order valence-electron chi connectivity index (χ1n) is 10.4. The summed E-state index contributed by atoms with van der Waals surface area (Å²) in [6, 6.07) is 7.77. The number of anilines is 1. The Labute approximate surface area is 168 Å². The Kier molecular flexibility index (Phi) is 6.60. The van der Waals surface area contributed by atoms with E-state index in [1.807, 2.05) is 24.3 Å². The van der Waals surface area contributed by atoms with Crippen molar-refractivity contribution >= 4 is 17.6 Å². The molecule has 0 bridgehead atoms. The molecule has 3 rings (SSSR count). The predicted molar refractivity (Wildman–Crippen MR) is 111 cm³/mol. The summed E-state index contributed by atoms with van der Waals surface area (Å²) in [7, 11) is 1.39. The zero-order chi connectivity index (χ0) is 20.3. The Bertz CT molecular complexity index is 683. The van der Waals surface area contributed by atoms with Gasteiger partial charge in [-0.05, 0) is 56.9 Å². The van der Waals surface area contributed by atoms with E-state index in [4.69, 9.17) is 4.74 Å². The molecular formula is C22H33N3O3. The Morgan fingerprint density at radius 1 is 1.04 bits per heavy atom. The first kappa shape index (κ1) is 20.6. The van der Waals surface area contributed by atoms with Gasteiger partial charge in [-0.2, -0.15) is 0 Å². The highest BCUT2D eigenvalue weighted by Gasteiger charge is 2.33. The fourth-order valence-electron chi connectivity index (χ4n) is 4.34. The Hall–Kier alpha value is -2.08. The van der Waals surface area contributed by atoms with Crippen LogP contribution >= 0.6 is 0 Å². The van der Waals surface area contributed by atoms with E-state index in [0.717, 1.165) is 57.2 Å². The van der Waals surface area contributed by atoms with E-state index in [0.29, 0.717) is 5.56 Å². The van der Waals surface area contributed by atoms with Crippen molar-refractivity contribution in [2.24, 2.45) is 5.92 Å². The maximum atomic E-state index is 13.0. The van der Waals surface area contributed by atoms with Crippen molar-refractivity contribution in [1.82, 2.24) is 9.80 Å². The van der Waals surface area contributed by atoms with Gasteiger partial charge in [-0.1, -0.05) is 6.92 Å². The van der Waals surface area contributed by atoms with E-state index in [9.17, 15) is 9.59 Å². The fraction of sp³-hybridized carbons (Fsp3) is 0.636. The third-order valence-corrected chi connectivity index (χ3v) is 6.28. The van der Waals surface area contributed by atoms with Crippen LogP contribution in [-0.2, 0) is 9.53 Å². The first-order chi connectivity index (χ1) is 13.4. The zero-order valence-corrected chi connectivity index (χ0v) is 17.6. The van der Waals surface area contributed by atoms with Crippen molar-refractivity contribution in [3.8, 4) is 0 Å². The number of amides is 1. The third kappa shape index (κ3) is 4.49. The number of carbonyl (C=O) groups excluding carboxylic acids is 2. The lowest BCUT2D eigenvalue weighted by atomic mass is 9.98. The monoisotopic (exact) mass is 387 g/mol. The van der Waals surface area contributed by atoms with E-state index in [2.05, 4.69) is 35.5 Å². The highest BCUT2D eigenvalue weighted by atomic mass is 16.5. The smallest absolute Gasteiger partial charge is 0.337 e. The SMILES string of the molecule is COC(=O)c1ccc(N2CCN(C(C)C(=O)N3CCC(C)CC3)C(C)C2)cc1. The molecule has 2 saturated heterocycles. The van der Waals surface area contributed by atoms with Gasteiger partial charge in [0.15, 0.2) is 0 Å². The molecule has 154 valence electrons. The number of hydrogen-bond donors (Lipinski definition) is 0. The molecule has 6 nitrogen and oxygen atoms in total. The van der Waals surface area contributed by atoms with Gasteiger partial charge in [0.05, 0.1) is 18.7 Å². The van der Waals surface area contributed by atoms with Crippen molar-refractivity contribution in [2.45, 2.75) is 45.7 Å². The van der Waals surface area contributed by atoms with Crippen LogP contribution in [0.25, 0.3) is 0 Å². The second kappa shape index (κ2) is 8.95. The summed E-state index contributed by atoms with van der Waals surface area (Å²) < 4.78 is 4.76. The van der Waals surface area contributed by atoms with E-state index in [1.165, 1.54) is 7.11 Å². The number of ether oxygens (including phenoxy) is 1. The van der Waals surface area contributed by atoms with Crippen LogP contribution in [0.5, 0.6) is 0 Å². The van der Waals surface area contributed by atoms with Crippen LogP contribution in [0.3, 0.4) is 0 Å². The number of hydrogen-bond acceptors (Lipinski definition) is 5. The maximum absolute atomic E-state index is 13.0. The lowest BCUT2D eigenvalue weighted by molar-refractivity contribution is -0.138. The Morgan fingerprint density at radius 2 is 1.68 bits per heavy atom. The quantitative estimate of drug-likeness (QED) is 0.744. The molecule has 28 heavy (non-hydrogen) atoms. The number of esters is 1. The number of nitrogens with zero attached hydrogens (tertiary/aromatic N) is 3. The highest BCUT2D eigenvalue weighted by molar-refractivity contribution is 5.89. The summed E-state index contributed by atoms with van der Waals surface area (Å²) in [6.45, 7) is 10.9. The molecule has 2 aliphatic rings. The van der Waals surface area contributed by atoms with Crippen molar-refractivity contribution in [3.05, 3.63) is 29.8 Å². The van der Waals surface area contributed by atoms with Gasteiger partial charge in [-0.3, -0.25) is 9.69 Å². The number of piperazine rings is 1. The van der Waals surface area contributed by atoms with Gasteiger partial charge in [0.25, 0.3) is 0 Å². The second-order valence-corrected chi connectivity index (χ2v) is 8.26. The maximum Gasteiger partial charge on any atom is 0.337 e. The Balaban J connectivity index is 1.58. The summed E-state index contributed by atoms with van der Waals surface area (Å²) in [4.78, 5) is 31.3. The highest BCUT2D eigenvalue weighted by Crippen LogP contribution is 2.23. The molecule has 2 atom stereocenters. The van der Waals surface area contributed by atoms with Gasteiger partial charge in [0.1, 0.15) is 0 Å². The Morgan fingerprint density at radius 3 is 2.25 bits per heavy atom. The minimum Gasteiger partial charge on any atom is -0.465 e. The van der Waals surface area contributed by atoms with E-state index >= 15 is 0 Å². The minimum atomic E-state index is -0.316. The molecule has 0 radical (unpaired) electrons. The van der Waals surface area contributed by atoms with Gasteiger partial charge in [0.2, 0.25) is 5.91 Å². The molecule has 2 fully saturated rings. The molecular weight excluding hydrogens is 354 g/mol. The minimum absolute atomic E-state index is 0.0766. The molecule has 2 heterocycles. The average Bonchev–Trinajstić information content (AvgIpc) is 2.72. The number of piperidine rings is 1. The molecule has 0 aliphatic carbocycles. The first-order valence-corrected chi connectivity index (χ1v) is 10.4. The van der Waals surface area contributed by atoms with Crippen molar-refractivity contribution < 1.29 is 14.3 Å². The van der Waals surface area contributed by atoms with Crippen LogP contribution in [0.1, 0.15) is 44.0 Å². The molecule has 2 unspecified atom stereocenters. The van der Waals surface area contributed by atoms with Crippen molar-refractivity contribution in [3.63, 3.8) is 0 Å². The molecule has 0 spiro atoms. The summed E-state index contributed by atoms with van der Waals surface area (Å²) in [5.74, 6) is 0.686. The lowest BCUT2D eigenvalue weighted by Crippen LogP contribution is -2.59. The predicted octanol–water partition coefficient (Wildman–Crippen LogP) is 2.63. The molecule has 1 amide bonds. The molecule has 1 aromatic rings. The van der Waals surface area contributed by atoms with Crippen LogP contribution in [-0.4, -0.2) is 73.6 Å². The number of benzene rings is 1. The van der Waals surface area contributed by atoms with Crippen LogP contribution < -0.4 is 4.90 Å². The van der Waals surface area contributed by atoms with Gasteiger partial charge < -0.3 is 14.5 Å². The second-order valence-electron chi connectivity index (χ2n) is 8.26. The summed E-state index contributed by atoms with van der Waals surface area (Å²) in [5.41, 5.74) is 1.66. The molecule has 2 aliphatic heterocycles. The number of carbonyl (C=O) groups is 2. The van der Waals surface area contributed by atoms with E-state index in [-0.39, 0.29) is 24.0 Å². The van der Waals surface area contributed by atoms with Gasteiger partial charge >= 0.3 is 5.97 Å². The molecule has 1 aromatic carbocycles. The normalized spacial score (nSPS) is 22.8. The summed E-state index contributed by atoms with van der Waals surface area (Å²) in [6.07, 6.45) is 2.23. The number of likely N-dealkylation sites (tertiary alicyclic amines) is 1. The van der Waals surface area contributed by atoms with Gasteiger partial charge in [0, 0.05) is 44.5 Å². The standard InChI is InChI=1S/C22H33N3O3/c1-16-9-11-23(12-10-16)21(26)18(3)25-14-13-24(15-17(25)2)20-7-5-19(6-8-20)22(27)28-4/h5-8,16-18H,9-15H2,1-4H3. The fourth-order valence-corrected chi connectivity index (χ4v) is 4.34. The van der Waals surface area contributed by atoms with Gasteiger partial charge in [-0.25, -0.2) is 4.79 Å². The molecule has 0 N–H and O–H groups in total. The largest absolute Gasteiger partial charge is 0.465 e. The summed E-state index contributed by atoms with van der Waals surface area (Å²) >= 11 is 0. The third-order valence-electron chi connectivity index (χ3n) is 6.28. The van der Waals surface area contributed by atoms with Gasteiger partial charge in [-0.15, -0.1) is 0 Å². The number of methoxy groups -OCH3 is 1. The number of rotatable bonds is 4.